The van der Waals surface area contributed by atoms with Crippen LogP contribution in [0.1, 0.15) is 25.1 Å². The van der Waals surface area contributed by atoms with E-state index in [2.05, 4.69) is 15.6 Å². The van der Waals surface area contributed by atoms with Gasteiger partial charge in [0.1, 0.15) is 0 Å². The Morgan fingerprint density at radius 3 is 2.41 bits per heavy atom. The molecule has 0 saturated carbocycles. The lowest BCUT2D eigenvalue weighted by Crippen LogP contribution is -2.40. The summed E-state index contributed by atoms with van der Waals surface area (Å²) in [7, 11) is 0. The van der Waals surface area contributed by atoms with Crippen LogP contribution in [-0.4, -0.2) is 36.6 Å². The van der Waals surface area contributed by atoms with E-state index < -0.39 is 11.8 Å². The molecule has 27 heavy (non-hydrogen) atoms. The number of hydrogen-bond donors (Lipinski definition) is 2. The van der Waals surface area contributed by atoms with Gasteiger partial charge in [-0.25, -0.2) is 0 Å². The van der Waals surface area contributed by atoms with Crippen molar-refractivity contribution in [3.8, 4) is 11.5 Å². The lowest BCUT2D eigenvalue weighted by atomic mass is 10.1. The van der Waals surface area contributed by atoms with E-state index in [0.29, 0.717) is 43.4 Å². The molecule has 2 N–H and O–H groups in total. The fourth-order valence-corrected chi connectivity index (χ4v) is 2.41. The van der Waals surface area contributed by atoms with Crippen LogP contribution in [-0.2, 0) is 22.6 Å². The third kappa shape index (κ3) is 6.62. The van der Waals surface area contributed by atoms with Crippen LogP contribution in [0.4, 0.5) is 0 Å². The van der Waals surface area contributed by atoms with E-state index in [4.69, 9.17) is 9.47 Å². The van der Waals surface area contributed by atoms with Crippen molar-refractivity contribution < 1.29 is 19.1 Å². The van der Waals surface area contributed by atoms with Crippen molar-refractivity contribution in [2.75, 3.05) is 19.8 Å². The number of aromatic nitrogens is 1. The molecule has 7 heteroatoms. The van der Waals surface area contributed by atoms with Gasteiger partial charge in [0.15, 0.2) is 11.5 Å². The fraction of sp³-hybridized carbons (Fsp3) is 0.350. The Hall–Kier alpha value is -3.09. The summed E-state index contributed by atoms with van der Waals surface area (Å²) in [6.45, 7) is 5.48. The fourth-order valence-electron chi connectivity index (χ4n) is 2.41. The van der Waals surface area contributed by atoms with E-state index in [-0.39, 0.29) is 6.54 Å². The SMILES string of the molecule is CCOc1ccc(CCNC(=O)C(=O)NCc2ccccn2)cc1OCC. The summed E-state index contributed by atoms with van der Waals surface area (Å²) in [5, 5.41) is 5.16. The van der Waals surface area contributed by atoms with Gasteiger partial charge < -0.3 is 20.1 Å². The Morgan fingerprint density at radius 1 is 0.963 bits per heavy atom. The van der Waals surface area contributed by atoms with E-state index in [1.165, 1.54) is 0 Å². The molecule has 0 unspecified atom stereocenters. The van der Waals surface area contributed by atoms with Crippen LogP contribution in [0.2, 0.25) is 0 Å². The molecule has 0 fully saturated rings. The zero-order valence-electron chi connectivity index (χ0n) is 15.7. The standard InChI is InChI=1S/C20H25N3O4/c1-3-26-17-9-8-15(13-18(17)27-4-2)10-12-22-19(24)20(25)23-14-16-7-5-6-11-21-16/h5-9,11,13H,3-4,10,12,14H2,1-2H3,(H,22,24)(H,23,25). The molecule has 0 radical (unpaired) electrons. The van der Waals surface area contributed by atoms with E-state index in [0.717, 1.165) is 5.56 Å². The normalized spacial score (nSPS) is 10.1. The zero-order chi connectivity index (χ0) is 19.5. The minimum Gasteiger partial charge on any atom is -0.490 e. The van der Waals surface area contributed by atoms with Gasteiger partial charge in [0.05, 0.1) is 25.5 Å². The molecular weight excluding hydrogens is 346 g/mol. The summed E-state index contributed by atoms with van der Waals surface area (Å²) in [6.07, 6.45) is 2.21. The lowest BCUT2D eigenvalue weighted by molar-refractivity contribution is -0.139. The maximum Gasteiger partial charge on any atom is 0.309 e. The van der Waals surface area contributed by atoms with Gasteiger partial charge in [-0.2, -0.15) is 0 Å². The van der Waals surface area contributed by atoms with Gasteiger partial charge in [-0.05, 0) is 50.1 Å². The van der Waals surface area contributed by atoms with Gasteiger partial charge in [0.25, 0.3) is 0 Å². The van der Waals surface area contributed by atoms with Gasteiger partial charge in [-0.3, -0.25) is 14.6 Å². The smallest absolute Gasteiger partial charge is 0.309 e. The van der Waals surface area contributed by atoms with Crippen LogP contribution in [0.5, 0.6) is 11.5 Å². The summed E-state index contributed by atoms with van der Waals surface area (Å²) >= 11 is 0. The topological polar surface area (TPSA) is 89.5 Å². The summed E-state index contributed by atoms with van der Waals surface area (Å²) in [6, 6.07) is 11.0. The van der Waals surface area contributed by atoms with Gasteiger partial charge in [-0.15, -0.1) is 0 Å². The molecule has 1 heterocycles. The molecule has 0 bridgehead atoms. The average Bonchev–Trinajstić information content (AvgIpc) is 2.69. The number of benzene rings is 1. The minimum atomic E-state index is -0.678. The molecule has 0 atom stereocenters. The Labute approximate surface area is 159 Å². The second-order valence-corrected chi connectivity index (χ2v) is 5.66. The predicted octanol–water partition coefficient (Wildman–Crippen LogP) is 1.85. The highest BCUT2D eigenvalue weighted by Gasteiger charge is 2.13. The van der Waals surface area contributed by atoms with Crippen molar-refractivity contribution in [2.24, 2.45) is 0 Å². The number of carbonyl (C=O) groups is 2. The second-order valence-electron chi connectivity index (χ2n) is 5.66. The highest BCUT2D eigenvalue weighted by atomic mass is 16.5. The van der Waals surface area contributed by atoms with Crippen LogP contribution in [0.3, 0.4) is 0 Å². The third-order valence-corrected chi connectivity index (χ3v) is 3.67. The zero-order valence-corrected chi connectivity index (χ0v) is 15.7. The molecule has 1 aromatic heterocycles. The van der Waals surface area contributed by atoms with E-state index in [9.17, 15) is 9.59 Å². The van der Waals surface area contributed by atoms with E-state index in [1.807, 2.05) is 38.1 Å². The van der Waals surface area contributed by atoms with Gasteiger partial charge in [0, 0.05) is 12.7 Å². The maximum atomic E-state index is 11.9. The molecule has 7 nitrogen and oxygen atoms in total. The number of carbonyl (C=O) groups excluding carboxylic acids is 2. The first-order chi connectivity index (χ1) is 13.1. The van der Waals surface area contributed by atoms with Crippen molar-refractivity contribution >= 4 is 11.8 Å². The second kappa shape index (κ2) is 10.8. The first kappa shape index (κ1) is 20.2. The predicted molar refractivity (Wildman–Crippen MR) is 102 cm³/mol. The molecule has 144 valence electrons. The van der Waals surface area contributed by atoms with E-state index >= 15 is 0 Å². The molecular formula is C20H25N3O4. The number of nitrogens with zero attached hydrogens (tertiary/aromatic N) is 1. The Kier molecular flexibility index (Phi) is 8.09. The average molecular weight is 371 g/mol. The molecule has 2 aromatic rings. The van der Waals surface area contributed by atoms with Gasteiger partial charge in [0.2, 0.25) is 0 Å². The van der Waals surface area contributed by atoms with E-state index in [1.54, 1.807) is 18.3 Å². The molecule has 2 amide bonds. The van der Waals surface area contributed by atoms with Crippen LogP contribution in [0.15, 0.2) is 42.6 Å². The van der Waals surface area contributed by atoms with Crippen molar-refractivity contribution in [2.45, 2.75) is 26.8 Å². The quantitative estimate of drug-likeness (QED) is 0.657. The summed E-state index contributed by atoms with van der Waals surface area (Å²) < 4.78 is 11.1. The number of amides is 2. The van der Waals surface area contributed by atoms with Crippen molar-refractivity contribution in [3.63, 3.8) is 0 Å². The maximum absolute atomic E-state index is 11.9. The number of ether oxygens (including phenoxy) is 2. The molecule has 2 rings (SSSR count). The Balaban J connectivity index is 1.80. The Morgan fingerprint density at radius 2 is 1.70 bits per heavy atom. The van der Waals surface area contributed by atoms with Crippen LogP contribution >= 0.6 is 0 Å². The van der Waals surface area contributed by atoms with Crippen molar-refractivity contribution in [1.29, 1.82) is 0 Å². The molecule has 1 aromatic carbocycles. The first-order valence-corrected chi connectivity index (χ1v) is 8.98. The summed E-state index contributed by atoms with van der Waals surface area (Å²) in [5.41, 5.74) is 1.67. The van der Waals surface area contributed by atoms with Crippen molar-refractivity contribution in [3.05, 3.63) is 53.9 Å². The molecule has 0 aliphatic carbocycles. The number of pyridine rings is 1. The summed E-state index contributed by atoms with van der Waals surface area (Å²) in [4.78, 5) is 27.8. The lowest BCUT2D eigenvalue weighted by Gasteiger charge is -2.12. The number of rotatable bonds is 9. The highest BCUT2D eigenvalue weighted by molar-refractivity contribution is 6.35. The summed E-state index contributed by atoms with van der Waals surface area (Å²) in [5.74, 6) is 0.0292. The van der Waals surface area contributed by atoms with Crippen LogP contribution in [0.25, 0.3) is 0 Å². The van der Waals surface area contributed by atoms with Crippen LogP contribution < -0.4 is 20.1 Å². The Bertz CT molecular complexity index is 750. The monoisotopic (exact) mass is 371 g/mol. The third-order valence-electron chi connectivity index (χ3n) is 3.67. The minimum absolute atomic E-state index is 0.212. The number of hydrogen-bond acceptors (Lipinski definition) is 5. The molecule has 0 aliphatic heterocycles. The van der Waals surface area contributed by atoms with Gasteiger partial charge in [-0.1, -0.05) is 12.1 Å². The molecule has 0 aliphatic rings. The van der Waals surface area contributed by atoms with Crippen LogP contribution in [0, 0.1) is 0 Å². The highest BCUT2D eigenvalue weighted by Crippen LogP contribution is 2.28. The largest absolute Gasteiger partial charge is 0.490 e. The van der Waals surface area contributed by atoms with Crippen molar-refractivity contribution in [1.82, 2.24) is 15.6 Å². The molecule has 0 saturated heterocycles. The molecule has 0 spiro atoms. The first-order valence-electron chi connectivity index (χ1n) is 8.98. The van der Waals surface area contributed by atoms with Gasteiger partial charge >= 0.3 is 11.8 Å². The number of nitrogens with one attached hydrogen (secondary N) is 2.